The molecule has 0 unspecified atom stereocenters. The molecule has 0 radical (unpaired) electrons. The van der Waals surface area contributed by atoms with Crippen LogP contribution in [0.2, 0.25) is 0 Å². The smallest absolute Gasteiger partial charge is 0.238 e. The first kappa shape index (κ1) is 34.8. The maximum absolute atomic E-state index is 5.11. The van der Waals surface area contributed by atoms with Crippen LogP contribution < -0.4 is 0 Å². The lowest BCUT2D eigenvalue weighted by molar-refractivity contribution is 0.953. The quantitative estimate of drug-likeness (QED) is 0.158. The summed E-state index contributed by atoms with van der Waals surface area (Å²) in [5.74, 6) is 1.85. The van der Waals surface area contributed by atoms with E-state index in [4.69, 9.17) is 15.0 Å². The van der Waals surface area contributed by atoms with E-state index in [-0.39, 0.29) is 0 Å². The molecule has 0 bridgehead atoms. The van der Waals surface area contributed by atoms with Crippen LogP contribution >= 0.6 is 0 Å². The van der Waals surface area contributed by atoms with Gasteiger partial charge in [-0.05, 0) is 102 Å². The Labute approximate surface area is 352 Å². The molecule has 12 rings (SSSR count). The summed E-state index contributed by atoms with van der Waals surface area (Å²) in [6.45, 7) is 0. The minimum atomic E-state index is 0.585. The Morgan fingerprint density at radius 3 is 1.15 bits per heavy atom. The minimum absolute atomic E-state index is 0.585. The lowest BCUT2D eigenvalue weighted by atomic mass is 9.91. The van der Waals surface area contributed by atoms with E-state index in [9.17, 15) is 0 Å². The van der Waals surface area contributed by atoms with E-state index in [0.717, 1.165) is 44.1 Å². The van der Waals surface area contributed by atoms with Crippen molar-refractivity contribution in [3.63, 3.8) is 0 Å². The van der Waals surface area contributed by atoms with E-state index in [1.54, 1.807) is 0 Å². The van der Waals surface area contributed by atoms with Gasteiger partial charge in [0.25, 0.3) is 0 Å². The summed E-state index contributed by atoms with van der Waals surface area (Å²) >= 11 is 0. The number of para-hydroxylation sites is 1. The van der Waals surface area contributed by atoms with E-state index in [0.29, 0.717) is 17.6 Å². The Bertz CT molecular complexity index is 3550. The van der Waals surface area contributed by atoms with Crippen molar-refractivity contribution in [3.8, 4) is 62.1 Å². The van der Waals surface area contributed by atoms with Crippen LogP contribution in [-0.4, -0.2) is 19.5 Å². The Morgan fingerprint density at radius 2 is 0.607 bits per heavy atom. The molecule has 0 aliphatic carbocycles. The van der Waals surface area contributed by atoms with E-state index in [2.05, 4.69) is 162 Å². The number of fused-ring (bicyclic) bond motifs is 9. The summed E-state index contributed by atoms with van der Waals surface area (Å²) in [5, 5.41) is 9.99. The summed E-state index contributed by atoms with van der Waals surface area (Å²) in [7, 11) is 0. The molecule has 10 aromatic carbocycles. The van der Waals surface area contributed by atoms with Crippen molar-refractivity contribution in [1.82, 2.24) is 19.5 Å². The second-order valence-electron chi connectivity index (χ2n) is 15.6. The number of benzene rings is 10. The molecule has 2 heterocycles. The molecule has 61 heavy (non-hydrogen) atoms. The summed E-state index contributed by atoms with van der Waals surface area (Å²) in [5.41, 5.74) is 11.0. The summed E-state index contributed by atoms with van der Waals surface area (Å²) in [4.78, 5) is 15.2. The highest BCUT2D eigenvalue weighted by molar-refractivity contribution is 6.25. The van der Waals surface area contributed by atoms with E-state index < -0.39 is 0 Å². The third-order valence-electron chi connectivity index (χ3n) is 12.0. The average molecular weight is 777 g/mol. The number of aromatic nitrogens is 4. The molecule has 0 atom stereocenters. The Kier molecular flexibility index (Phi) is 8.13. The largest absolute Gasteiger partial charge is 0.278 e. The lowest BCUT2D eigenvalue weighted by Crippen LogP contribution is -2.06. The molecule has 0 aliphatic heterocycles. The fraction of sp³-hybridized carbons (Fsp3) is 0. The molecule has 284 valence electrons. The van der Waals surface area contributed by atoms with Crippen molar-refractivity contribution in [2.24, 2.45) is 0 Å². The predicted molar refractivity (Wildman–Crippen MR) is 254 cm³/mol. The van der Waals surface area contributed by atoms with Crippen molar-refractivity contribution in [1.29, 1.82) is 0 Å². The second-order valence-corrected chi connectivity index (χ2v) is 15.6. The summed E-state index contributed by atoms with van der Waals surface area (Å²) in [6.07, 6.45) is 0. The number of rotatable bonds is 6. The number of nitrogens with zero attached hydrogens (tertiary/aromatic N) is 4. The fourth-order valence-electron chi connectivity index (χ4n) is 9.11. The van der Waals surface area contributed by atoms with Crippen LogP contribution in [0.1, 0.15) is 0 Å². The maximum Gasteiger partial charge on any atom is 0.238 e. The van der Waals surface area contributed by atoms with Crippen molar-refractivity contribution >= 4 is 54.1 Å². The molecule has 2 aromatic heterocycles. The highest BCUT2D eigenvalue weighted by Gasteiger charge is 2.19. The van der Waals surface area contributed by atoms with Gasteiger partial charge in [0.15, 0.2) is 11.6 Å². The van der Waals surface area contributed by atoms with E-state index in [1.165, 1.54) is 54.6 Å². The van der Waals surface area contributed by atoms with Gasteiger partial charge in [-0.2, -0.15) is 9.97 Å². The Balaban J connectivity index is 0.947. The first-order valence-corrected chi connectivity index (χ1v) is 20.7. The van der Waals surface area contributed by atoms with Gasteiger partial charge < -0.3 is 0 Å². The molecular formula is C57H36N4. The third kappa shape index (κ3) is 5.96. The highest BCUT2D eigenvalue weighted by Crippen LogP contribution is 2.39. The van der Waals surface area contributed by atoms with Gasteiger partial charge in [0.05, 0.1) is 11.0 Å². The number of hydrogen-bond donors (Lipinski definition) is 0. The van der Waals surface area contributed by atoms with Crippen LogP contribution in [0.3, 0.4) is 0 Å². The molecular weight excluding hydrogens is 741 g/mol. The number of hydrogen-bond acceptors (Lipinski definition) is 3. The van der Waals surface area contributed by atoms with Crippen LogP contribution in [0.4, 0.5) is 0 Å². The molecule has 12 aromatic rings. The van der Waals surface area contributed by atoms with Crippen molar-refractivity contribution < 1.29 is 0 Å². The second kappa shape index (κ2) is 14.3. The summed E-state index contributed by atoms with van der Waals surface area (Å²) < 4.78 is 2.18. The average Bonchev–Trinajstić information content (AvgIpc) is 3.68. The summed E-state index contributed by atoms with van der Waals surface area (Å²) in [6, 6.07) is 77.8. The Morgan fingerprint density at radius 1 is 0.230 bits per heavy atom. The van der Waals surface area contributed by atoms with Gasteiger partial charge in [-0.1, -0.05) is 182 Å². The molecule has 0 aliphatic rings. The maximum atomic E-state index is 5.11. The van der Waals surface area contributed by atoms with Crippen LogP contribution in [0.5, 0.6) is 0 Å². The van der Waals surface area contributed by atoms with Gasteiger partial charge in [-0.15, -0.1) is 0 Å². The van der Waals surface area contributed by atoms with Gasteiger partial charge in [-0.3, -0.25) is 4.57 Å². The van der Waals surface area contributed by atoms with Crippen LogP contribution in [0.25, 0.3) is 116 Å². The van der Waals surface area contributed by atoms with Crippen LogP contribution in [-0.2, 0) is 0 Å². The fourth-order valence-corrected chi connectivity index (χ4v) is 9.11. The monoisotopic (exact) mass is 776 g/mol. The molecule has 0 spiro atoms. The standard InChI is InChI=1S/C57H36N4/c1-3-15-37(16-4-1)55-58-56(38-17-5-2-6-18-38)60-57(59-55)61-53-28-12-11-27-50(53)52-36-44(30-32-54(52)61)42-22-14-20-40(34-42)39-19-13-21-41(33-39)43-29-31-49-47-25-8-7-23-45(47)46-24-9-10-26-48(46)51(49)35-43/h1-36H. The molecule has 4 heteroatoms. The van der Waals surface area contributed by atoms with E-state index >= 15 is 0 Å². The van der Waals surface area contributed by atoms with Crippen molar-refractivity contribution in [2.45, 2.75) is 0 Å². The lowest BCUT2D eigenvalue weighted by Gasteiger charge is -2.13. The van der Waals surface area contributed by atoms with Gasteiger partial charge in [0.1, 0.15) is 0 Å². The van der Waals surface area contributed by atoms with Gasteiger partial charge in [0, 0.05) is 21.9 Å². The molecule has 0 saturated carbocycles. The zero-order chi connectivity index (χ0) is 40.3. The third-order valence-corrected chi connectivity index (χ3v) is 12.0. The van der Waals surface area contributed by atoms with Crippen LogP contribution in [0, 0.1) is 0 Å². The predicted octanol–water partition coefficient (Wildman–Crippen LogP) is 14.8. The highest BCUT2D eigenvalue weighted by atomic mass is 15.2. The normalized spacial score (nSPS) is 11.6. The van der Waals surface area contributed by atoms with E-state index in [1.807, 2.05) is 60.7 Å². The molecule has 0 fully saturated rings. The molecule has 0 saturated heterocycles. The molecule has 0 N–H and O–H groups in total. The minimum Gasteiger partial charge on any atom is -0.278 e. The van der Waals surface area contributed by atoms with Crippen molar-refractivity contribution in [2.75, 3.05) is 0 Å². The first-order valence-electron chi connectivity index (χ1n) is 20.7. The first-order chi connectivity index (χ1) is 30.2. The van der Waals surface area contributed by atoms with Gasteiger partial charge in [-0.25, -0.2) is 4.98 Å². The Hall–Kier alpha value is -8.21. The molecule has 0 amide bonds. The zero-order valence-corrected chi connectivity index (χ0v) is 33.1. The van der Waals surface area contributed by atoms with Gasteiger partial charge >= 0.3 is 0 Å². The van der Waals surface area contributed by atoms with Crippen LogP contribution in [0.15, 0.2) is 218 Å². The molecule has 4 nitrogen and oxygen atoms in total. The topological polar surface area (TPSA) is 43.6 Å². The van der Waals surface area contributed by atoms with Crippen molar-refractivity contribution in [3.05, 3.63) is 218 Å². The van der Waals surface area contributed by atoms with Gasteiger partial charge in [0.2, 0.25) is 5.95 Å². The SMILES string of the molecule is c1ccc(-c2nc(-c3ccccc3)nc(-n3c4ccccc4c4cc(-c5cccc(-c6cccc(-c7ccc8c9ccccc9c9ccccc9c8c7)c6)c5)ccc43)n2)cc1. The zero-order valence-electron chi connectivity index (χ0n) is 33.1.